The van der Waals surface area contributed by atoms with Gasteiger partial charge in [0.2, 0.25) is 5.91 Å². The molecule has 4 nitrogen and oxygen atoms in total. The maximum Gasteiger partial charge on any atom is 0.225 e. The number of carbonyl (C=O) groups is 1. The molecule has 1 unspecified atom stereocenters. The second-order valence-corrected chi connectivity index (χ2v) is 5.78. The van der Waals surface area contributed by atoms with Crippen molar-refractivity contribution >= 4 is 5.91 Å². The zero-order valence-electron chi connectivity index (χ0n) is 12.9. The highest BCUT2D eigenvalue weighted by atomic mass is 16.3. The van der Waals surface area contributed by atoms with Gasteiger partial charge in [0.05, 0.1) is 18.6 Å². The standard InChI is InChI=1S/C18H25NO3/c20-12-6-2-5-11-19-16(14-18(19)22)9-10-17(21)13-15-7-3-1-4-8-15/h1,3-4,7-10,16-17,20-21H,2,5-6,11-14H2/b10-9+/t16-,17?/m0/s1. The van der Waals surface area contributed by atoms with E-state index in [0.717, 1.165) is 31.4 Å². The number of hydrogen-bond donors (Lipinski definition) is 2. The summed E-state index contributed by atoms with van der Waals surface area (Å²) in [4.78, 5) is 13.5. The fraction of sp³-hybridized carbons (Fsp3) is 0.500. The Bertz CT molecular complexity index is 486. The van der Waals surface area contributed by atoms with Gasteiger partial charge in [-0.3, -0.25) is 4.79 Å². The lowest BCUT2D eigenvalue weighted by Gasteiger charge is -2.39. The zero-order valence-corrected chi connectivity index (χ0v) is 12.9. The molecule has 1 aliphatic rings. The van der Waals surface area contributed by atoms with Gasteiger partial charge in [0.15, 0.2) is 0 Å². The summed E-state index contributed by atoms with van der Waals surface area (Å²) < 4.78 is 0. The summed E-state index contributed by atoms with van der Waals surface area (Å²) in [7, 11) is 0. The van der Waals surface area contributed by atoms with Crippen LogP contribution in [0.5, 0.6) is 0 Å². The average Bonchev–Trinajstić information content (AvgIpc) is 2.52. The number of rotatable bonds is 9. The molecule has 4 heteroatoms. The van der Waals surface area contributed by atoms with Crippen molar-refractivity contribution in [1.29, 1.82) is 0 Å². The highest BCUT2D eigenvalue weighted by Crippen LogP contribution is 2.21. The van der Waals surface area contributed by atoms with Crippen molar-refractivity contribution in [2.45, 2.75) is 44.2 Å². The molecule has 0 saturated carbocycles. The fourth-order valence-corrected chi connectivity index (χ4v) is 2.69. The van der Waals surface area contributed by atoms with Crippen molar-refractivity contribution in [2.24, 2.45) is 0 Å². The van der Waals surface area contributed by atoms with Crippen molar-refractivity contribution in [3.63, 3.8) is 0 Å². The molecule has 1 amide bonds. The molecule has 0 spiro atoms. The predicted octanol–water partition coefficient (Wildman–Crippen LogP) is 1.91. The summed E-state index contributed by atoms with van der Waals surface area (Å²) in [6.45, 7) is 0.950. The van der Waals surface area contributed by atoms with Crippen molar-refractivity contribution in [2.75, 3.05) is 13.2 Å². The largest absolute Gasteiger partial charge is 0.396 e. The van der Waals surface area contributed by atoms with E-state index in [1.54, 1.807) is 6.08 Å². The highest BCUT2D eigenvalue weighted by Gasteiger charge is 2.33. The number of aliphatic hydroxyl groups is 2. The van der Waals surface area contributed by atoms with E-state index < -0.39 is 6.10 Å². The summed E-state index contributed by atoms with van der Waals surface area (Å²) in [5, 5.41) is 18.8. The van der Waals surface area contributed by atoms with Crippen molar-refractivity contribution in [1.82, 2.24) is 4.90 Å². The van der Waals surface area contributed by atoms with Crippen LogP contribution in [0.2, 0.25) is 0 Å². The van der Waals surface area contributed by atoms with Crippen molar-refractivity contribution in [3.05, 3.63) is 48.0 Å². The highest BCUT2D eigenvalue weighted by molar-refractivity contribution is 5.83. The van der Waals surface area contributed by atoms with Crippen molar-refractivity contribution < 1.29 is 15.0 Å². The van der Waals surface area contributed by atoms with Crippen LogP contribution >= 0.6 is 0 Å². The number of carbonyl (C=O) groups excluding carboxylic acids is 1. The molecule has 1 fully saturated rings. The van der Waals surface area contributed by atoms with Gasteiger partial charge < -0.3 is 15.1 Å². The zero-order chi connectivity index (χ0) is 15.8. The Morgan fingerprint density at radius 1 is 1.23 bits per heavy atom. The van der Waals surface area contributed by atoms with E-state index in [4.69, 9.17) is 5.11 Å². The number of unbranched alkanes of at least 4 members (excludes halogenated alkanes) is 2. The molecular weight excluding hydrogens is 278 g/mol. The molecule has 1 saturated heterocycles. The monoisotopic (exact) mass is 303 g/mol. The van der Waals surface area contributed by atoms with Crippen LogP contribution < -0.4 is 0 Å². The van der Waals surface area contributed by atoms with E-state index in [0.29, 0.717) is 12.8 Å². The third kappa shape index (κ3) is 4.97. The lowest BCUT2D eigenvalue weighted by Crippen LogP contribution is -2.51. The number of aliphatic hydroxyl groups excluding tert-OH is 2. The molecule has 120 valence electrons. The van der Waals surface area contributed by atoms with Crippen LogP contribution in [-0.4, -0.2) is 46.3 Å². The average molecular weight is 303 g/mol. The van der Waals surface area contributed by atoms with Gasteiger partial charge in [-0.25, -0.2) is 0 Å². The first-order valence-corrected chi connectivity index (χ1v) is 8.01. The number of nitrogens with zero attached hydrogens (tertiary/aromatic N) is 1. The molecule has 0 radical (unpaired) electrons. The Kier molecular flexibility index (Phi) is 6.62. The lowest BCUT2D eigenvalue weighted by molar-refractivity contribution is -0.143. The van der Waals surface area contributed by atoms with E-state index in [-0.39, 0.29) is 18.6 Å². The van der Waals surface area contributed by atoms with E-state index in [2.05, 4.69) is 0 Å². The van der Waals surface area contributed by atoms with Gasteiger partial charge in [0.25, 0.3) is 0 Å². The molecular formula is C18H25NO3. The SMILES string of the molecule is O=C1C[C@H](/C=C/C(O)Cc2ccccc2)N1CCCCCO. The van der Waals surface area contributed by atoms with Gasteiger partial charge in [-0.2, -0.15) is 0 Å². The number of hydrogen-bond acceptors (Lipinski definition) is 3. The summed E-state index contributed by atoms with van der Waals surface area (Å²) in [6, 6.07) is 10.00. The summed E-state index contributed by atoms with van der Waals surface area (Å²) in [5.74, 6) is 0.177. The molecule has 0 aliphatic carbocycles. The first-order valence-electron chi connectivity index (χ1n) is 8.01. The van der Waals surface area contributed by atoms with Crippen LogP contribution in [-0.2, 0) is 11.2 Å². The van der Waals surface area contributed by atoms with E-state index >= 15 is 0 Å². The Balaban J connectivity index is 1.75. The predicted molar refractivity (Wildman–Crippen MR) is 86.3 cm³/mol. The molecule has 0 bridgehead atoms. The smallest absolute Gasteiger partial charge is 0.225 e. The Morgan fingerprint density at radius 2 is 2.00 bits per heavy atom. The number of likely N-dealkylation sites (tertiary alicyclic amines) is 1. The fourth-order valence-electron chi connectivity index (χ4n) is 2.69. The van der Waals surface area contributed by atoms with Crippen LogP contribution in [0.25, 0.3) is 0 Å². The molecule has 2 rings (SSSR count). The third-order valence-corrected chi connectivity index (χ3v) is 4.00. The van der Waals surface area contributed by atoms with Crippen LogP contribution in [0.3, 0.4) is 0 Å². The Hall–Kier alpha value is -1.65. The van der Waals surface area contributed by atoms with Crippen LogP contribution in [0.15, 0.2) is 42.5 Å². The minimum atomic E-state index is -0.519. The van der Waals surface area contributed by atoms with Gasteiger partial charge in [-0.05, 0) is 24.8 Å². The third-order valence-electron chi connectivity index (χ3n) is 4.00. The van der Waals surface area contributed by atoms with E-state index in [1.165, 1.54) is 0 Å². The molecule has 1 aliphatic heterocycles. The molecule has 2 N–H and O–H groups in total. The van der Waals surface area contributed by atoms with Gasteiger partial charge in [-0.1, -0.05) is 42.5 Å². The van der Waals surface area contributed by atoms with Crippen LogP contribution in [0.1, 0.15) is 31.2 Å². The first-order chi connectivity index (χ1) is 10.7. The quantitative estimate of drug-likeness (QED) is 0.416. The topological polar surface area (TPSA) is 60.8 Å². The second kappa shape index (κ2) is 8.71. The molecule has 1 aromatic carbocycles. The molecule has 22 heavy (non-hydrogen) atoms. The first kappa shape index (κ1) is 16.7. The van der Waals surface area contributed by atoms with Crippen LogP contribution in [0, 0.1) is 0 Å². The molecule has 1 heterocycles. The number of benzene rings is 1. The lowest BCUT2D eigenvalue weighted by atomic mass is 9.99. The summed E-state index contributed by atoms with van der Waals surface area (Å²) >= 11 is 0. The van der Waals surface area contributed by atoms with Gasteiger partial charge in [-0.15, -0.1) is 0 Å². The summed E-state index contributed by atoms with van der Waals surface area (Å²) in [5.41, 5.74) is 1.10. The minimum absolute atomic E-state index is 0.118. The Morgan fingerprint density at radius 3 is 2.68 bits per heavy atom. The molecule has 1 aromatic rings. The van der Waals surface area contributed by atoms with Crippen molar-refractivity contribution in [3.8, 4) is 0 Å². The Labute approximate surface area is 132 Å². The minimum Gasteiger partial charge on any atom is -0.396 e. The van der Waals surface area contributed by atoms with Gasteiger partial charge in [0.1, 0.15) is 0 Å². The molecule has 2 atom stereocenters. The number of β-lactam (4-membered cyclic amide) rings is 1. The van der Waals surface area contributed by atoms with E-state index in [1.807, 2.05) is 41.3 Å². The maximum atomic E-state index is 11.6. The second-order valence-electron chi connectivity index (χ2n) is 5.78. The normalized spacial score (nSPS) is 19.5. The summed E-state index contributed by atoms with van der Waals surface area (Å²) in [6.07, 6.45) is 7.00. The maximum absolute atomic E-state index is 11.6. The van der Waals surface area contributed by atoms with Crippen LogP contribution in [0.4, 0.5) is 0 Å². The van der Waals surface area contributed by atoms with Gasteiger partial charge in [0, 0.05) is 19.6 Å². The van der Waals surface area contributed by atoms with Gasteiger partial charge >= 0.3 is 0 Å². The van der Waals surface area contributed by atoms with E-state index in [9.17, 15) is 9.90 Å². The molecule has 0 aromatic heterocycles. The number of amides is 1.